The minimum atomic E-state index is -0.666. The molecule has 0 radical (unpaired) electrons. The predicted molar refractivity (Wildman–Crippen MR) is 45.9 cm³/mol. The molecule has 0 saturated heterocycles. The third-order valence-electron chi connectivity index (χ3n) is 1.57. The number of aromatic amines is 1. The fourth-order valence-corrected chi connectivity index (χ4v) is 1.11. The highest BCUT2D eigenvalue weighted by Crippen LogP contribution is 2.13. The van der Waals surface area contributed by atoms with Gasteiger partial charge in [0.15, 0.2) is 5.15 Å². The van der Waals surface area contributed by atoms with E-state index in [1.807, 2.05) is 0 Å². The molecule has 1 N–H and O–H groups in total. The molecule has 1 rings (SSSR count). The minimum Gasteiger partial charge on any atom is -0.465 e. The third kappa shape index (κ3) is 1.70. The summed E-state index contributed by atoms with van der Waals surface area (Å²) in [6.45, 7) is 1.47. The van der Waals surface area contributed by atoms with Gasteiger partial charge in [-0.3, -0.25) is 4.79 Å². The molecule has 0 aromatic carbocycles. The predicted octanol–water partition coefficient (Wildman–Crippen LogP) is 0.518. The van der Waals surface area contributed by atoms with Crippen LogP contribution in [0.5, 0.6) is 0 Å². The van der Waals surface area contributed by atoms with Crippen molar-refractivity contribution in [1.29, 1.82) is 0 Å². The Labute approximate surface area is 78.7 Å². The SMILES string of the molecule is COC(=O)c1c(Cl)n[nH]c(=O)c1C. The molecule has 0 spiro atoms. The number of esters is 1. The highest BCUT2D eigenvalue weighted by molar-refractivity contribution is 6.32. The Balaban J connectivity index is 3.42. The zero-order valence-electron chi connectivity index (χ0n) is 7.05. The Bertz CT molecular complexity index is 399. The van der Waals surface area contributed by atoms with Gasteiger partial charge >= 0.3 is 5.97 Å². The molecule has 13 heavy (non-hydrogen) atoms. The van der Waals surface area contributed by atoms with E-state index in [2.05, 4.69) is 14.9 Å². The van der Waals surface area contributed by atoms with Crippen molar-refractivity contribution in [1.82, 2.24) is 10.2 Å². The van der Waals surface area contributed by atoms with Gasteiger partial charge in [-0.25, -0.2) is 9.89 Å². The van der Waals surface area contributed by atoms with Crippen LogP contribution in [0.25, 0.3) is 0 Å². The van der Waals surface area contributed by atoms with E-state index in [-0.39, 0.29) is 16.3 Å². The number of carbonyl (C=O) groups is 1. The number of aromatic nitrogens is 2. The smallest absolute Gasteiger partial charge is 0.341 e. The number of H-pyrrole nitrogens is 1. The van der Waals surface area contributed by atoms with Crippen LogP contribution < -0.4 is 5.56 Å². The van der Waals surface area contributed by atoms with Crippen molar-refractivity contribution in [2.24, 2.45) is 0 Å². The largest absolute Gasteiger partial charge is 0.465 e. The lowest BCUT2D eigenvalue weighted by atomic mass is 10.2. The van der Waals surface area contributed by atoms with Gasteiger partial charge in [0.05, 0.1) is 7.11 Å². The molecule has 1 heterocycles. The molecule has 0 unspecified atom stereocenters. The average Bonchev–Trinajstić information content (AvgIpc) is 2.12. The second-order valence-electron chi connectivity index (χ2n) is 2.34. The Hall–Kier alpha value is -1.36. The second kappa shape index (κ2) is 3.57. The van der Waals surface area contributed by atoms with Crippen LogP contribution in [0.1, 0.15) is 15.9 Å². The average molecular weight is 203 g/mol. The summed E-state index contributed by atoms with van der Waals surface area (Å²) in [6.07, 6.45) is 0. The molecule has 0 aliphatic heterocycles. The lowest BCUT2D eigenvalue weighted by molar-refractivity contribution is 0.0599. The highest BCUT2D eigenvalue weighted by Gasteiger charge is 2.17. The number of nitrogens with one attached hydrogen (secondary N) is 1. The highest BCUT2D eigenvalue weighted by atomic mass is 35.5. The van der Waals surface area contributed by atoms with Crippen LogP contribution in [0.4, 0.5) is 0 Å². The first-order valence-corrected chi connectivity index (χ1v) is 3.78. The maximum absolute atomic E-state index is 11.1. The van der Waals surface area contributed by atoms with Gasteiger partial charge in [-0.05, 0) is 6.92 Å². The number of hydrogen-bond donors (Lipinski definition) is 1. The first-order chi connectivity index (χ1) is 6.07. The summed E-state index contributed by atoms with van der Waals surface area (Å²) >= 11 is 5.59. The maximum Gasteiger partial charge on any atom is 0.341 e. The van der Waals surface area contributed by atoms with E-state index in [4.69, 9.17) is 11.6 Å². The van der Waals surface area contributed by atoms with Crippen molar-refractivity contribution >= 4 is 17.6 Å². The van der Waals surface area contributed by atoms with Crippen molar-refractivity contribution in [2.75, 3.05) is 7.11 Å². The molecule has 0 fully saturated rings. The topological polar surface area (TPSA) is 72.0 Å². The molecule has 0 saturated carbocycles. The van der Waals surface area contributed by atoms with Gasteiger partial charge in [-0.2, -0.15) is 5.10 Å². The Morgan fingerprint density at radius 2 is 2.23 bits per heavy atom. The van der Waals surface area contributed by atoms with Crippen molar-refractivity contribution in [2.45, 2.75) is 6.92 Å². The van der Waals surface area contributed by atoms with Crippen molar-refractivity contribution in [3.05, 3.63) is 26.6 Å². The molecule has 1 aromatic heterocycles. The quantitative estimate of drug-likeness (QED) is 0.674. The monoisotopic (exact) mass is 202 g/mol. The van der Waals surface area contributed by atoms with E-state index >= 15 is 0 Å². The van der Waals surface area contributed by atoms with Crippen LogP contribution in [0.3, 0.4) is 0 Å². The van der Waals surface area contributed by atoms with E-state index in [0.717, 1.165) is 0 Å². The van der Waals surface area contributed by atoms with E-state index in [1.54, 1.807) is 0 Å². The van der Waals surface area contributed by atoms with Crippen LogP contribution >= 0.6 is 11.6 Å². The summed E-state index contributed by atoms with van der Waals surface area (Å²) in [5.41, 5.74) is -0.246. The van der Waals surface area contributed by atoms with Gasteiger partial charge in [-0.15, -0.1) is 0 Å². The molecule has 5 nitrogen and oxygen atoms in total. The van der Waals surface area contributed by atoms with Crippen LogP contribution in [0.15, 0.2) is 4.79 Å². The molecule has 0 aliphatic rings. The van der Waals surface area contributed by atoms with Crippen LogP contribution in [-0.4, -0.2) is 23.3 Å². The fourth-order valence-electron chi connectivity index (χ4n) is 0.847. The van der Waals surface area contributed by atoms with Crippen molar-refractivity contribution in [3.8, 4) is 0 Å². The van der Waals surface area contributed by atoms with Gasteiger partial charge in [-0.1, -0.05) is 11.6 Å². The first kappa shape index (κ1) is 9.73. The van der Waals surface area contributed by atoms with Crippen LogP contribution in [0, 0.1) is 6.92 Å². The minimum absolute atomic E-state index is 0.00733. The zero-order valence-corrected chi connectivity index (χ0v) is 7.81. The Morgan fingerprint density at radius 3 is 2.77 bits per heavy atom. The van der Waals surface area contributed by atoms with Gasteiger partial charge in [0.2, 0.25) is 0 Å². The molecular weight excluding hydrogens is 196 g/mol. The maximum atomic E-state index is 11.1. The lowest BCUT2D eigenvalue weighted by Crippen LogP contribution is -2.18. The molecule has 1 aromatic rings. The normalized spacial score (nSPS) is 9.77. The fraction of sp³-hybridized carbons (Fsp3) is 0.286. The molecular formula is C7H7ClN2O3. The van der Waals surface area contributed by atoms with E-state index in [1.165, 1.54) is 14.0 Å². The molecule has 0 atom stereocenters. The van der Waals surface area contributed by atoms with Crippen molar-refractivity contribution in [3.63, 3.8) is 0 Å². The van der Waals surface area contributed by atoms with E-state index in [0.29, 0.717) is 0 Å². The van der Waals surface area contributed by atoms with Gasteiger partial charge in [0.25, 0.3) is 5.56 Å². The summed E-state index contributed by atoms with van der Waals surface area (Å²) < 4.78 is 4.44. The van der Waals surface area contributed by atoms with Crippen molar-refractivity contribution < 1.29 is 9.53 Å². The number of ether oxygens (including phenoxy) is 1. The second-order valence-corrected chi connectivity index (χ2v) is 2.69. The van der Waals surface area contributed by atoms with Crippen LogP contribution in [-0.2, 0) is 4.74 Å². The lowest BCUT2D eigenvalue weighted by Gasteiger charge is -2.02. The number of halogens is 1. The summed E-state index contributed by atoms with van der Waals surface area (Å²) in [6, 6.07) is 0. The van der Waals surface area contributed by atoms with E-state index < -0.39 is 11.5 Å². The molecule has 0 bridgehead atoms. The van der Waals surface area contributed by atoms with Gasteiger partial charge < -0.3 is 4.74 Å². The summed E-state index contributed by atoms with van der Waals surface area (Å²) in [5.74, 6) is -0.666. The Morgan fingerprint density at radius 1 is 1.62 bits per heavy atom. The van der Waals surface area contributed by atoms with Gasteiger partial charge in [0.1, 0.15) is 5.56 Å². The summed E-state index contributed by atoms with van der Waals surface area (Å²) in [7, 11) is 1.21. The summed E-state index contributed by atoms with van der Waals surface area (Å²) in [4.78, 5) is 22.1. The molecule has 6 heteroatoms. The van der Waals surface area contributed by atoms with Crippen LogP contribution in [0.2, 0.25) is 5.15 Å². The third-order valence-corrected chi connectivity index (χ3v) is 1.84. The van der Waals surface area contributed by atoms with Gasteiger partial charge in [0, 0.05) is 5.56 Å². The molecule has 0 aliphatic carbocycles. The number of nitrogens with zero attached hydrogens (tertiary/aromatic N) is 1. The zero-order chi connectivity index (χ0) is 10.0. The molecule has 70 valence electrons. The Kier molecular flexibility index (Phi) is 2.67. The van der Waals surface area contributed by atoms with E-state index in [9.17, 15) is 9.59 Å². The molecule has 0 amide bonds. The summed E-state index contributed by atoms with van der Waals surface area (Å²) in [5, 5.41) is 5.51. The standard InChI is InChI=1S/C7H7ClN2O3/c1-3-4(7(12)13-2)5(8)9-10-6(3)11/h1-2H3,(H,10,11). The number of methoxy groups -OCH3 is 1. The number of hydrogen-bond acceptors (Lipinski definition) is 4. The number of carbonyl (C=O) groups excluding carboxylic acids is 1. The number of rotatable bonds is 1. The first-order valence-electron chi connectivity index (χ1n) is 3.41.